The van der Waals surface area contributed by atoms with Crippen molar-refractivity contribution in [2.24, 2.45) is 10.9 Å². The zero-order chi connectivity index (χ0) is 18.2. The lowest BCUT2D eigenvalue weighted by molar-refractivity contribution is 0.285. The van der Waals surface area contributed by atoms with Gasteiger partial charge in [0.15, 0.2) is 17.5 Å². The number of hydrogen-bond acceptors (Lipinski definition) is 3. The van der Waals surface area contributed by atoms with Crippen molar-refractivity contribution in [2.45, 2.75) is 32.7 Å². The second-order valence-electron chi connectivity index (χ2n) is 6.71. The lowest BCUT2D eigenvalue weighted by Crippen LogP contribution is -2.41. The van der Waals surface area contributed by atoms with E-state index in [2.05, 4.69) is 34.5 Å². The molecule has 0 saturated heterocycles. The Hall–Kier alpha value is -1.82. The summed E-state index contributed by atoms with van der Waals surface area (Å²) in [5.41, 5.74) is 0.866. The fourth-order valence-corrected chi connectivity index (χ4v) is 2.40. The van der Waals surface area contributed by atoms with Gasteiger partial charge in [-0.3, -0.25) is 4.99 Å². The Morgan fingerprint density at radius 1 is 1.44 bits per heavy atom. The van der Waals surface area contributed by atoms with E-state index < -0.39 is 0 Å². The SMILES string of the molecule is CCN(C)CCNC(=NC)NC(C)c1ccc(OCC2CC2)c(F)c1. The maximum atomic E-state index is 14.2. The van der Waals surface area contributed by atoms with Gasteiger partial charge < -0.3 is 20.3 Å². The molecule has 1 aromatic rings. The van der Waals surface area contributed by atoms with E-state index in [9.17, 15) is 4.39 Å². The minimum absolute atomic E-state index is 0.0536. The number of aliphatic imine (C=N–C) groups is 1. The molecule has 0 aromatic heterocycles. The van der Waals surface area contributed by atoms with Crippen LogP contribution >= 0.6 is 0 Å². The van der Waals surface area contributed by atoms with Crippen LogP contribution in [0.5, 0.6) is 5.75 Å². The summed E-state index contributed by atoms with van der Waals surface area (Å²) in [7, 11) is 3.82. The van der Waals surface area contributed by atoms with Crippen LogP contribution in [0.15, 0.2) is 23.2 Å². The highest BCUT2D eigenvalue weighted by Crippen LogP contribution is 2.30. The molecule has 5 nitrogen and oxygen atoms in total. The number of hydrogen-bond donors (Lipinski definition) is 2. The first-order chi connectivity index (χ1) is 12.0. The second-order valence-corrected chi connectivity index (χ2v) is 6.71. The maximum Gasteiger partial charge on any atom is 0.191 e. The normalized spacial score (nSPS) is 16.0. The van der Waals surface area contributed by atoms with E-state index in [0.29, 0.717) is 24.2 Å². The molecule has 0 heterocycles. The molecule has 1 atom stereocenters. The third-order valence-electron chi connectivity index (χ3n) is 4.53. The second kappa shape index (κ2) is 9.61. The van der Waals surface area contributed by atoms with Crippen molar-refractivity contribution < 1.29 is 9.13 Å². The number of guanidine groups is 1. The molecule has 1 aliphatic rings. The summed E-state index contributed by atoms with van der Waals surface area (Å²) in [6, 6.07) is 5.11. The van der Waals surface area contributed by atoms with Gasteiger partial charge in [0, 0.05) is 20.1 Å². The Morgan fingerprint density at radius 2 is 2.20 bits per heavy atom. The topological polar surface area (TPSA) is 48.9 Å². The fraction of sp³-hybridized carbons (Fsp3) is 0.632. The van der Waals surface area contributed by atoms with E-state index in [1.807, 2.05) is 13.0 Å². The summed E-state index contributed by atoms with van der Waals surface area (Å²) in [6.07, 6.45) is 2.39. The van der Waals surface area contributed by atoms with Gasteiger partial charge in [0.1, 0.15) is 0 Å². The molecule has 2 N–H and O–H groups in total. The average Bonchev–Trinajstić information content (AvgIpc) is 3.43. The number of likely N-dealkylation sites (N-methyl/N-ethyl adjacent to an activating group) is 1. The Labute approximate surface area is 150 Å². The van der Waals surface area contributed by atoms with E-state index in [1.165, 1.54) is 18.9 Å². The first kappa shape index (κ1) is 19.5. The molecule has 0 bridgehead atoms. The predicted octanol–water partition coefficient (Wildman–Crippen LogP) is 2.79. The van der Waals surface area contributed by atoms with E-state index in [4.69, 9.17) is 4.74 Å². The van der Waals surface area contributed by atoms with Gasteiger partial charge in [0.2, 0.25) is 0 Å². The Bertz CT molecular complexity index is 575. The van der Waals surface area contributed by atoms with Crippen LogP contribution in [0.3, 0.4) is 0 Å². The molecule has 1 saturated carbocycles. The van der Waals surface area contributed by atoms with Gasteiger partial charge in [-0.15, -0.1) is 0 Å². The van der Waals surface area contributed by atoms with Gasteiger partial charge in [-0.05, 0) is 57.0 Å². The maximum absolute atomic E-state index is 14.2. The molecule has 0 radical (unpaired) electrons. The average molecular weight is 350 g/mol. The van der Waals surface area contributed by atoms with E-state index >= 15 is 0 Å². The summed E-state index contributed by atoms with van der Waals surface area (Å²) in [5, 5.41) is 6.57. The van der Waals surface area contributed by atoms with Crippen molar-refractivity contribution in [1.29, 1.82) is 0 Å². The van der Waals surface area contributed by atoms with Crippen LogP contribution in [-0.4, -0.2) is 51.2 Å². The molecular weight excluding hydrogens is 319 g/mol. The van der Waals surface area contributed by atoms with Gasteiger partial charge in [0.25, 0.3) is 0 Å². The monoisotopic (exact) mass is 350 g/mol. The van der Waals surface area contributed by atoms with Crippen molar-refractivity contribution in [3.8, 4) is 5.75 Å². The molecule has 1 unspecified atom stereocenters. The molecule has 25 heavy (non-hydrogen) atoms. The van der Waals surface area contributed by atoms with Crippen molar-refractivity contribution in [2.75, 3.05) is 40.3 Å². The molecule has 0 aliphatic heterocycles. The van der Waals surface area contributed by atoms with Crippen LogP contribution in [0, 0.1) is 11.7 Å². The quantitative estimate of drug-likeness (QED) is 0.531. The predicted molar refractivity (Wildman–Crippen MR) is 101 cm³/mol. The summed E-state index contributed by atoms with van der Waals surface area (Å²) in [5.74, 6) is 1.36. The molecule has 0 spiro atoms. The molecule has 0 amide bonds. The summed E-state index contributed by atoms with van der Waals surface area (Å²) in [6.45, 7) is 7.49. The number of benzene rings is 1. The van der Waals surface area contributed by atoms with Crippen LogP contribution < -0.4 is 15.4 Å². The summed E-state index contributed by atoms with van der Waals surface area (Å²) >= 11 is 0. The van der Waals surface area contributed by atoms with Gasteiger partial charge in [-0.1, -0.05) is 13.0 Å². The molecule has 2 rings (SSSR count). The smallest absolute Gasteiger partial charge is 0.191 e. The van der Waals surface area contributed by atoms with Gasteiger partial charge in [-0.25, -0.2) is 4.39 Å². The van der Waals surface area contributed by atoms with Crippen molar-refractivity contribution in [3.05, 3.63) is 29.6 Å². The lowest BCUT2D eigenvalue weighted by atomic mass is 10.1. The summed E-state index contributed by atoms with van der Waals surface area (Å²) in [4.78, 5) is 6.45. The van der Waals surface area contributed by atoms with E-state index in [1.54, 1.807) is 13.1 Å². The highest BCUT2D eigenvalue weighted by molar-refractivity contribution is 5.80. The van der Waals surface area contributed by atoms with Crippen LogP contribution in [-0.2, 0) is 0 Å². The third-order valence-corrected chi connectivity index (χ3v) is 4.53. The van der Waals surface area contributed by atoms with Crippen molar-refractivity contribution in [3.63, 3.8) is 0 Å². The van der Waals surface area contributed by atoms with Crippen LogP contribution in [0.4, 0.5) is 4.39 Å². The molecule has 140 valence electrons. The number of rotatable bonds is 9. The number of nitrogens with zero attached hydrogens (tertiary/aromatic N) is 2. The van der Waals surface area contributed by atoms with Crippen LogP contribution in [0.1, 0.15) is 38.3 Å². The zero-order valence-electron chi connectivity index (χ0n) is 15.8. The molecule has 1 fully saturated rings. The van der Waals surface area contributed by atoms with E-state index in [-0.39, 0.29) is 11.9 Å². The first-order valence-corrected chi connectivity index (χ1v) is 9.11. The molecular formula is C19H31FN4O. The number of halogens is 1. The third kappa shape index (κ3) is 6.53. The molecule has 1 aromatic carbocycles. The van der Waals surface area contributed by atoms with Crippen molar-refractivity contribution >= 4 is 5.96 Å². The van der Waals surface area contributed by atoms with Crippen molar-refractivity contribution in [1.82, 2.24) is 15.5 Å². The Kier molecular flexibility index (Phi) is 7.50. The zero-order valence-corrected chi connectivity index (χ0v) is 15.8. The standard InChI is InChI=1S/C19H31FN4O/c1-5-24(4)11-10-22-19(21-3)23-14(2)16-8-9-18(17(20)12-16)25-13-15-6-7-15/h8-9,12,14-15H,5-7,10-11,13H2,1-4H3,(H2,21,22,23). The van der Waals surface area contributed by atoms with Gasteiger partial charge >= 0.3 is 0 Å². The lowest BCUT2D eigenvalue weighted by Gasteiger charge is -2.20. The fourth-order valence-electron chi connectivity index (χ4n) is 2.40. The van der Waals surface area contributed by atoms with Gasteiger partial charge in [-0.2, -0.15) is 0 Å². The largest absolute Gasteiger partial charge is 0.490 e. The Morgan fingerprint density at radius 3 is 2.80 bits per heavy atom. The van der Waals surface area contributed by atoms with E-state index in [0.717, 1.165) is 25.2 Å². The first-order valence-electron chi connectivity index (χ1n) is 9.11. The number of ether oxygens (including phenoxy) is 1. The highest BCUT2D eigenvalue weighted by atomic mass is 19.1. The molecule has 1 aliphatic carbocycles. The van der Waals surface area contributed by atoms with Crippen LogP contribution in [0.2, 0.25) is 0 Å². The van der Waals surface area contributed by atoms with Crippen LogP contribution in [0.25, 0.3) is 0 Å². The van der Waals surface area contributed by atoms with Gasteiger partial charge in [0.05, 0.1) is 12.6 Å². The summed E-state index contributed by atoms with van der Waals surface area (Å²) < 4.78 is 19.8. The highest BCUT2D eigenvalue weighted by Gasteiger charge is 2.22. The Balaban J connectivity index is 1.85. The number of nitrogens with one attached hydrogen (secondary N) is 2. The minimum Gasteiger partial charge on any atom is -0.490 e. The molecule has 6 heteroatoms. The minimum atomic E-state index is -0.306.